The number of ketones is 1. The molecule has 1 saturated heterocycles. The van der Waals surface area contributed by atoms with Crippen LogP contribution in [0.1, 0.15) is 24.1 Å². The zero-order valence-electron chi connectivity index (χ0n) is 17.7. The van der Waals surface area contributed by atoms with Gasteiger partial charge in [-0.2, -0.15) is 0 Å². The molecule has 3 heterocycles. The Hall–Kier alpha value is -4.46. The minimum Gasteiger partial charge on any atom is -0.507 e. The summed E-state index contributed by atoms with van der Waals surface area (Å²) >= 11 is 0. The van der Waals surface area contributed by atoms with E-state index in [2.05, 4.69) is 15.0 Å². The number of nitrogens with one attached hydrogen (secondary N) is 1. The van der Waals surface area contributed by atoms with Crippen LogP contribution in [0.25, 0.3) is 16.8 Å². The maximum absolute atomic E-state index is 13.2. The molecule has 8 heteroatoms. The van der Waals surface area contributed by atoms with E-state index in [1.54, 1.807) is 48.8 Å². The third-order valence-electron chi connectivity index (χ3n) is 5.47. The summed E-state index contributed by atoms with van der Waals surface area (Å²) in [6, 6.07) is 16.7. The topological polar surface area (TPSA) is 108 Å². The number of aliphatic hydroxyl groups is 1. The van der Waals surface area contributed by atoms with Gasteiger partial charge in [-0.1, -0.05) is 30.3 Å². The summed E-state index contributed by atoms with van der Waals surface area (Å²) in [5.74, 6) is -1.11. The van der Waals surface area contributed by atoms with Gasteiger partial charge in [-0.3, -0.25) is 19.5 Å². The molecule has 1 atom stereocenters. The number of fused-ring (bicyclic) bond motifs is 1. The van der Waals surface area contributed by atoms with Gasteiger partial charge in [0, 0.05) is 18.0 Å². The molecular formula is C25H20N4O4. The molecule has 1 aliphatic rings. The Morgan fingerprint density at radius 3 is 2.73 bits per heavy atom. The van der Waals surface area contributed by atoms with E-state index in [0.29, 0.717) is 29.0 Å². The summed E-state index contributed by atoms with van der Waals surface area (Å²) in [5, 5.41) is 11.2. The molecule has 2 aromatic carbocycles. The summed E-state index contributed by atoms with van der Waals surface area (Å²) in [7, 11) is 0. The van der Waals surface area contributed by atoms with Crippen LogP contribution >= 0.6 is 0 Å². The monoisotopic (exact) mass is 440 g/mol. The molecule has 164 valence electrons. The van der Waals surface area contributed by atoms with Crippen molar-refractivity contribution in [1.29, 1.82) is 0 Å². The first-order valence-corrected chi connectivity index (χ1v) is 10.5. The van der Waals surface area contributed by atoms with Crippen molar-refractivity contribution < 1.29 is 19.4 Å². The van der Waals surface area contributed by atoms with Crippen LogP contribution in [0.4, 0.5) is 5.95 Å². The number of H-pyrrole nitrogens is 1. The molecule has 4 aromatic rings. The summed E-state index contributed by atoms with van der Waals surface area (Å²) in [5.41, 5.74) is 2.28. The minimum absolute atomic E-state index is 0.0397. The lowest BCUT2D eigenvalue weighted by Gasteiger charge is -2.22. The standard InChI is InChI=1S/C25H20N4O4/c1-2-33-17-9-5-7-15(13-17)22(30)20-21(16-8-6-12-26-14-16)29(24(32)23(20)31)25-27-18-10-3-4-11-19(18)28-25/h3-14,21,30H,2H2,1H3,(H,27,28)/b22-20+. The van der Waals surface area contributed by atoms with E-state index in [9.17, 15) is 14.7 Å². The number of Topliss-reactive ketones (excluding diaryl/α,β-unsaturated/α-hetero) is 1. The molecule has 8 nitrogen and oxygen atoms in total. The second-order valence-corrected chi connectivity index (χ2v) is 7.49. The van der Waals surface area contributed by atoms with Crippen molar-refractivity contribution in [2.45, 2.75) is 13.0 Å². The average Bonchev–Trinajstić information content (AvgIpc) is 3.38. The summed E-state index contributed by atoms with van der Waals surface area (Å²) in [6.45, 7) is 2.31. The molecule has 1 unspecified atom stereocenters. The highest BCUT2D eigenvalue weighted by molar-refractivity contribution is 6.51. The van der Waals surface area contributed by atoms with Gasteiger partial charge in [-0.25, -0.2) is 4.98 Å². The van der Waals surface area contributed by atoms with Gasteiger partial charge in [0.05, 0.1) is 29.3 Å². The number of hydrogen-bond donors (Lipinski definition) is 2. The molecule has 2 aromatic heterocycles. The minimum atomic E-state index is -0.907. The number of nitrogens with zero attached hydrogens (tertiary/aromatic N) is 3. The predicted octanol–water partition coefficient (Wildman–Crippen LogP) is 3.98. The van der Waals surface area contributed by atoms with Crippen molar-refractivity contribution in [3.8, 4) is 5.75 Å². The number of aromatic amines is 1. The third kappa shape index (κ3) is 3.51. The van der Waals surface area contributed by atoms with E-state index >= 15 is 0 Å². The third-order valence-corrected chi connectivity index (χ3v) is 5.47. The van der Waals surface area contributed by atoms with Crippen LogP contribution in [0, 0.1) is 0 Å². The van der Waals surface area contributed by atoms with Crippen molar-refractivity contribution in [2.24, 2.45) is 0 Å². The fraction of sp³-hybridized carbons (Fsp3) is 0.120. The molecule has 2 N–H and O–H groups in total. The van der Waals surface area contributed by atoms with E-state index in [-0.39, 0.29) is 17.3 Å². The van der Waals surface area contributed by atoms with Gasteiger partial charge in [0.15, 0.2) is 0 Å². The molecule has 0 aliphatic carbocycles. The fourth-order valence-corrected chi connectivity index (χ4v) is 4.01. The molecule has 1 amide bonds. The zero-order valence-corrected chi connectivity index (χ0v) is 17.7. The van der Waals surface area contributed by atoms with Crippen LogP contribution in [0.15, 0.2) is 78.6 Å². The highest BCUT2D eigenvalue weighted by atomic mass is 16.5. The van der Waals surface area contributed by atoms with Crippen LogP contribution < -0.4 is 9.64 Å². The number of carbonyl (C=O) groups is 2. The van der Waals surface area contributed by atoms with Crippen molar-refractivity contribution >= 4 is 34.4 Å². The number of anilines is 1. The number of imidazole rings is 1. The van der Waals surface area contributed by atoms with Crippen LogP contribution in [-0.4, -0.2) is 38.4 Å². The van der Waals surface area contributed by atoms with Gasteiger partial charge in [0.25, 0.3) is 5.78 Å². The number of para-hydroxylation sites is 2. The Labute approximate surface area is 189 Å². The summed E-state index contributed by atoms with van der Waals surface area (Å²) in [4.78, 5) is 39.5. The van der Waals surface area contributed by atoms with Crippen LogP contribution in [0.2, 0.25) is 0 Å². The second-order valence-electron chi connectivity index (χ2n) is 7.49. The first-order valence-electron chi connectivity index (χ1n) is 10.5. The summed E-state index contributed by atoms with van der Waals surface area (Å²) in [6.07, 6.45) is 3.17. The predicted molar refractivity (Wildman–Crippen MR) is 123 cm³/mol. The average molecular weight is 440 g/mol. The maximum atomic E-state index is 13.2. The van der Waals surface area contributed by atoms with Gasteiger partial charge in [-0.05, 0) is 42.8 Å². The number of amides is 1. The molecule has 5 rings (SSSR count). The first kappa shape index (κ1) is 20.4. The molecule has 0 radical (unpaired) electrons. The number of ether oxygens (including phenoxy) is 1. The van der Waals surface area contributed by atoms with Crippen molar-refractivity contribution in [2.75, 3.05) is 11.5 Å². The van der Waals surface area contributed by atoms with E-state index in [1.165, 1.54) is 4.90 Å². The first-order chi connectivity index (χ1) is 16.1. The Morgan fingerprint density at radius 2 is 1.97 bits per heavy atom. The SMILES string of the molecule is CCOc1cccc(/C(O)=C2\C(=O)C(=O)N(c3nc4ccccc4[nH]3)C2c2cccnc2)c1. The zero-order chi connectivity index (χ0) is 22.9. The van der Waals surface area contributed by atoms with Gasteiger partial charge in [0.1, 0.15) is 11.5 Å². The number of benzene rings is 2. The smallest absolute Gasteiger partial charge is 0.302 e. The molecule has 0 spiro atoms. The lowest BCUT2D eigenvalue weighted by atomic mass is 9.96. The van der Waals surface area contributed by atoms with Crippen LogP contribution in [0.3, 0.4) is 0 Å². The van der Waals surface area contributed by atoms with Gasteiger partial charge in [0.2, 0.25) is 5.95 Å². The van der Waals surface area contributed by atoms with Gasteiger partial charge < -0.3 is 14.8 Å². The molecule has 0 saturated carbocycles. The number of carbonyl (C=O) groups excluding carboxylic acids is 2. The lowest BCUT2D eigenvalue weighted by molar-refractivity contribution is -0.132. The number of rotatable bonds is 5. The quantitative estimate of drug-likeness (QED) is 0.276. The van der Waals surface area contributed by atoms with Crippen molar-refractivity contribution in [1.82, 2.24) is 15.0 Å². The molecule has 0 bridgehead atoms. The molecule has 1 aliphatic heterocycles. The highest BCUT2D eigenvalue weighted by Gasteiger charge is 2.48. The van der Waals surface area contributed by atoms with Crippen molar-refractivity contribution in [3.63, 3.8) is 0 Å². The van der Waals surface area contributed by atoms with E-state index in [0.717, 1.165) is 5.52 Å². The van der Waals surface area contributed by atoms with Crippen LogP contribution in [-0.2, 0) is 9.59 Å². The Balaban J connectivity index is 1.70. The molecule has 1 fully saturated rings. The largest absolute Gasteiger partial charge is 0.507 e. The van der Waals surface area contributed by atoms with Crippen molar-refractivity contribution in [3.05, 3.63) is 89.8 Å². The normalized spacial score (nSPS) is 17.6. The number of pyridine rings is 1. The maximum Gasteiger partial charge on any atom is 0.302 e. The number of aliphatic hydroxyl groups excluding tert-OH is 1. The molecule has 33 heavy (non-hydrogen) atoms. The summed E-state index contributed by atoms with van der Waals surface area (Å²) < 4.78 is 5.52. The lowest BCUT2D eigenvalue weighted by Crippen LogP contribution is -2.30. The number of hydrogen-bond acceptors (Lipinski definition) is 6. The Morgan fingerprint density at radius 1 is 1.12 bits per heavy atom. The van der Waals surface area contributed by atoms with Gasteiger partial charge in [-0.15, -0.1) is 0 Å². The van der Waals surface area contributed by atoms with Crippen LogP contribution in [0.5, 0.6) is 5.75 Å². The fourth-order valence-electron chi connectivity index (χ4n) is 4.01. The van der Waals surface area contributed by atoms with E-state index < -0.39 is 17.7 Å². The Kier molecular flexibility index (Phi) is 5.10. The highest BCUT2D eigenvalue weighted by Crippen LogP contribution is 2.41. The number of aromatic nitrogens is 3. The second kappa shape index (κ2) is 8.23. The van der Waals surface area contributed by atoms with E-state index in [1.807, 2.05) is 31.2 Å². The molecular weight excluding hydrogens is 420 g/mol. The van der Waals surface area contributed by atoms with Gasteiger partial charge >= 0.3 is 5.91 Å². The van der Waals surface area contributed by atoms with E-state index in [4.69, 9.17) is 4.74 Å². The Bertz CT molecular complexity index is 1360.